The highest BCUT2D eigenvalue weighted by Gasteiger charge is 2.27. The standard InChI is InChI=1S/C21H28N4O3S/c1-14-15(2)29-21(23-14)24-19(26)13-25-10-6-8-17(12-25)20(27)22-11-16-7-4-5-9-18(16)28-3/h4-5,7,9,17H,6,8,10-13H2,1-3H3,(H,22,27)(H,23,24,26). The van der Waals surface area contributed by atoms with Crippen LogP contribution in [0.5, 0.6) is 5.75 Å². The number of methoxy groups -OCH3 is 1. The fourth-order valence-corrected chi connectivity index (χ4v) is 4.31. The maximum Gasteiger partial charge on any atom is 0.240 e. The van der Waals surface area contributed by atoms with E-state index in [0.29, 0.717) is 18.2 Å². The summed E-state index contributed by atoms with van der Waals surface area (Å²) in [4.78, 5) is 32.5. The number of ether oxygens (including phenoxy) is 1. The molecule has 2 aromatic rings. The lowest BCUT2D eigenvalue weighted by Crippen LogP contribution is -2.45. The van der Waals surface area contributed by atoms with Crippen molar-refractivity contribution in [3.05, 3.63) is 40.4 Å². The molecule has 1 saturated heterocycles. The molecule has 1 aliphatic rings. The number of hydrogen-bond acceptors (Lipinski definition) is 6. The summed E-state index contributed by atoms with van der Waals surface area (Å²) >= 11 is 1.48. The summed E-state index contributed by atoms with van der Waals surface area (Å²) in [5, 5.41) is 6.51. The number of rotatable bonds is 7. The molecule has 29 heavy (non-hydrogen) atoms. The van der Waals surface area contributed by atoms with Gasteiger partial charge in [0.2, 0.25) is 11.8 Å². The van der Waals surface area contributed by atoms with E-state index in [1.54, 1.807) is 7.11 Å². The van der Waals surface area contributed by atoms with E-state index in [-0.39, 0.29) is 24.3 Å². The number of nitrogens with one attached hydrogen (secondary N) is 2. The Labute approximate surface area is 175 Å². The first-order valence-electron chi connectivity index (χ1n) is 9.82. The number of benzene rings is 1. The van der Waals surface area contributed by atoms with E-state index in [1.807, 2.05) is 43.0 Å². The summed E-state index contributed by atoms with van der Waals surface area (Å²) in [6.07, 6.45) is 1.73. The van der Waals surface area contributed by atoms with Crippen molar-refractivity contribution in [2.24, 2.45) is 5.92 Å². The maximum atomic E-state index is 12.6. The molecular formula is C21H28N4O3S. The zero-order valence-corrected chi connectivity index (χ0v) is 18.0. The Morgan fingerprint density at radius 2 is 2.10 bits per heavy atom. The third kappa shape index (κ3) is 5.77. The average molecular weight is 417 g/mol. The van der Waals surface area contributed by atoms with Crippen LogP contribution in [0.4, 0.5) is 5.13 Å². The first-order valence-corrected chi connectivity index (χ1v) is 10.6. The molecule has 0 aliphatic carbocycles. The quantitative estimate of drug-likeness (QED) is 0.725. The zero-order valence-electron chi connectivity index (χ0n) is 17.2. The molecule has 2 amide bonds. The van der Waals surface area contributed by atoms with Crippen LogP contribution in [-0.2, 0) is 16.1 Å². The van der Waals surface area contributed by atoms with Gasteiger partial charge in [0, 0.05) is 23.5 Å². The summed E-state index contributed by atoms with van der Waals surface area (Å²) in [7, 11) is 1.62. The van der Waals surface area contributed by atoms with E-state index in [9.17, 15) is 9.59 Å². The molecule has 1 aromatic heterocycles. The van der Waals surface area contributed by atoms with E-state index in [4.69, 9.17) is 4.74 Å². The van der Waals surface area contributed by atoms with Crippen molar-refractivity contribution >= 4 is 28.3 Å². The van der Waals surface area contributed by atoms with Crippen LogP contribution in [0.15, 0.2) is 24.3 Å². The predicted molar refractivity (Wildman–Crippen MR) is 114 cm³/mol. The SMILES string of the molecule is COc1ccccc1CNC(=O)C1CCCN(CC(=O)Nc2nc(C)c(C)s2)C1. The van der Waals surface area contributed by atoms with E-state index in [0.717, 1.165) is 41.3 Å². The van der Waals surface area contributed by atoms with Crippen molar-refractivity contribution in [2.45, 2.75) is 33.2 Å². The van der Waals surface area contributed by atoms with Crippen molar-refractivity contribution in [3.63, 3.8) is 0 Å². The van der Waals surface area contributed by atoms with Crippen LogP contribution in [0, 0.1) is 19.8 Å². The summed E-state index contributed by atoms with van der Waals surface area (Å²) in [6, 6.07) is 7.66. The largest absolute Gasteiger partial charge is 0.496 e. The fourth-order valence-electron chi connectivity index (χ4n) is 3.48. The van der Waals surface area contributed by atoms with Crippen LogP contribution >= 0.6 is 11.3 Å². The number of carbonyl (C=O) groups is 2. The number of thiazole rings is 1. The highest BCUT2D eigenvalue weighted by molar-refractivity contribution is 7.15. The van der Waals surface area contributed by atoms with Gasteiger partial charge in [-0.2, -0.15) is 0 Å². The monoisotopic (exact) mass is 416 g/mol. The number of likely N-dealkylation sites (tertiary alicyclic amines) is 1. The van der Waals surface area contributed by atoms with Gasteiger partial charge in [-0.25, -0.2) is 4.98 Å². The summed E-state index contributed by atoms with van der Waals surface area (Å²) in [6.45, 7) is 6.03. The van der Waals surface area contributed by atoms with Gasteiger partial charge in [0.25, 0.3) is 0 Å². The van der Waals surface area contributed by atoms with Crippen molar-refractivity contribution in [1.82, 2.24) is 15.2 Å². The molecule has 0 radical (unpaired) electrons. The smallest absolute Gasteiger partial charge is 0.240 e. The van der Waals surface area contributed by atoms with Crippen LogP contribution in [0.2, 0.25) is 0 Å². The lowest BCUT2D eigenvalue weighted by molar-refractivity contribution is -0.128. The number of anilines is 1. The van der Waals surface area contributed by atoms with Crippen LogP contribution in [-0.4, -0.2) is 48.4 Å². The molecule has 3 rings (SSSR count). The van der Waals surface area contributed by atoms with Crippen LogP contribution in [0.3, 0.4) is 0 Å². The second-order valence-electron chi connectivity index (χ2n) is 7.31. The highest BCUT2D eigenvalue weighted by atomic mass is 32.1. The van der Waals surface area contributed by atoms with Crippen LogP contribution < -0.4 is 15.4 Å². The van der Waals surface area contributed by atoms with E-state index in [2.05, 4.69) is 15.6 Å². The Balaban J connectivity index is 1.49. The number of carbonyl (C=O) groups excluding carboxylic acids is 2. The maximum absolute atomic E-state index is 12.6. The number of aryl methyl sites for hydroxylation is 2. The number of nitrogens with zero attached hydrogens (tertiary/aromatic N) is 2. The summed E-state index contributed by atoms with van der Waals surface area (Å²) in [5.74, 6) is 0.582. The molecule has 2 heterocycles. The van der Waals surface area contributed by atoms with Crippen LogP contribution in [0.25, 0.3) is 0 Å². The van der Waals surface area contributed by atoms with Gasteiger partial charge in [-0.15, -0.1) is 11.3 Å². The molecule has 1 unspecified atom stereocenters. The lowest BCUT2D eigenvalue weighted by atomic mass is 9.97. The van der Waals surface area contributed by atoms with Crippen molar-refractivity contribution in [1.29, 1.82) is 0 Å². The molecule has 8 heteroatoms. The number of piperidine rings is 1. The summed E-state index contributed by atoms with van der Waals surface area (Å²) in [5.41, 5.74) is 1.89. The molecule has 0 spiro atoms. The third-order valence-corrected chi connectivity index (χ3v) is 6.15. The second-order valence-corrected chi connectivity index (χ2v) is 8.52. The molecule has 1 fully saturated rings. The molecule has 156 valence electrons. The van der Waals surface area contributed by atoms with Gasteiger partial charge in [-0.3, -0.25) is 14.5 Å². The average Bonchev–Trinajstić information content (AvgIpc) is 3.03. The van der Waals surface area contributed by atoms with Crippen LogP contribution in [0.1, 0.15) is 29.0 Å². The zero-order chi connectivity index (χ0) is 20.8. The molecular weight excluding hydrogens is 388 g/mol. The number of para-hydroxylation sites is 1. The normalized spacial score (nSPS) is 17.0. The van der Waals surface area contributed by atoms with Gasteiger partial charge < -0.3 is 15.4 Å². The molecule has 7 nitrogen and oxygen atoms in total. The number of aromatic nitrogens is 1. The minimum Gasteiger partial charge on any atom is -0.496 e. The number of hydrogen-bond donors (Lipinski definition) is 2. The molecule has 1 aromatic carbocycles. The van der Waals surface area contributed by atoms with Crippen molar-refractivity contribution in [3.8, 4) is 5.75 Å². The van der Waals surface area contributed by atoms with E-state index in [1.165, 1.54) is 11.3 Å². The lowest BCUT2D eigenvalue weighted by Gasteiger charge is -2.31. The predicted octanol–water partition coefficient (Wildman–Crippen LogP) is 2.74. The highest BCUT2D eigenvalue weighted by Crippen LogP contribution is 2.22. The van der Waals surface area contributed by atoms with E-state index >= 15 is 0 Å². The Kier molecular flexibility index (Phi) is 7.22. The Morgan fingerprint density at radius 3 is 2.83 bits per heavy atom. The first kappa shape index (κ1) is 21.3. The first-order chi connectivity index (χ1) is 14.0. The Bertz CT molecular complexity index is 848. The van der Waals surface area contributed by atoms with Gasteiger partial charge in [-0.1, -0.05) is 18.2 Å². The topological polar surface area (TPSA) is 83.6 Å². The minimum atomic E-state index is -0.115. The van der Waals surface area contributed by atoms with Gasteiger partial charge in [-0.05, 0) is 39.3 Å². The second kappa shape index (κ2) is 9.84. The van der Waals surface area contributed by atoms with Gasteiger partial charge in [0.15, 0.2) is 5.13 Å². The van der Waals surface area contributed by atoms with Crippen molar-refractivity contribution < 1.29 is 14.3 Å². The fraction of sp³-hybridized carbons (Fsp3) is 0.476. The minimum absolute atomic E-state index is 0.0205. The number of amides is 2. The van der Waals surface area contributed by atoms with Gasteiger partial charge in [0.05, 0.1) is 25.3 Å². The van der Waals surface area contributed by atoms with Crippen molar-refractivity contribution in [2.75, 3.05) is 32.1 Å². The van der Waals surface area contributed by atoms with E-state index < -0.39 is 0 Å². The Hall–Kier alpha value is -2.45. The van der Waals surface area contributed by atoms with Gasteiger partial charge in [0.1, 0.15) is 5.75 Å². The Morgan fingerprint density at radius 1 is 1.31 bits per heavy atom. The molecule has 0 bridgehead atoms. The molecule has 1 atom stereocenters. The molecule has 2 N–H and O–H groups in total. The molecule has 0 saturated carbocycles. The molecule has 1 aliphatic heterocycles. The van der Waals surface area contributed by atoms with Gasteiger partial charge >= 0.3 is 0 Å². The summed E-state index contributed by atoms with van der Waals surface area (Å²) < 4.78 is 5.33. The third-order valence-electron chi connectivity index (χ3n) is 5.16.